The second kappa shape index (κ2) is 62.0. The maximum absolute atomic E-state index is 13.6. The molecule has 9 nitrogen and oxygen atoms in total. The van der Waals surface area contributed by atoms with E-state index in [0.29, 0.717) is 23.9 Å². The highest BCUT2D eigenvalue weighted by Gasteiger charge is 2.27. The highest BCUT2D eigenvalue weighted by atomic mass is 31.2. The molecule has 0 aromatic carbocycles. The summed E-state index contributed by atoms with van der Waals surface area (Å²) in [6.07, 6.45) is 83.9. The second-order valence-corrected chi connectivity index (χ2v) is 25.7. The van der Waals surface area contributed by atoms with Gasteiger partial charge in [0.15, 0.2) is 0 Å². The Hall–Kier alpha value is -3.07. The van der Waals surface area contributed by atoms with Gasteiger partial charge in [-0.15, -0.1) is 0 Å². The van der Waals surface area contributed by atoms with E-state index >= 15 is 0 Å². The Morgan fingerprint density at radius 3 is 1.18 bits per heavy atom. The van der Waals surface area contributed by atoms with Crippen molar-refractivity contribution in [3.05, 3.63) is 97.2 Å². The zero-order chi connectivity index (χ0) is 60.7. The minimum atomic E-state index is -4.72. The lowest BCUT2D eigenvalue weighted by atomic mass is 10.0. The molecule has 480 valence electrons. The minimum absolute atomic E-state index is 0.0327. The molecule has 0 saturated carbocycles. The molecule has 10 heteroatoms. The van der Waals surface area contributed by atoms with Crippen LogP contribution in [0.2, 0.25) is 0 Å². The number of hydrogen-bond acceptors (Lipinski definition) is 7. The number of ether oxygens (including phenoxy) is 1. The van der Waals surface area contributed by atoms with E-state index in [9.17, 15) is 19.0 Å². The molecule has 3 atom stereocenters. The number of nitrogens with one attached hydrogen (secondary N) is 1. The molecular weight excluding hydrogens is 1050 g/mol. The van der Waals surface area contributed by atoms with Crippen molar-refractivity contribution in [2.24, 2.45) is 0 Å². The molecule has 0 aliphatic heterocycles. The fourth-order valence-electron chi connectivity index (χ4n) is 9.70. The lowest BCUT2D eigenvalue weighted by molar-refractivity contribution is -0.870. The third-order valence-corrected chi connectivity index (χ3v) is 16.0. The molecule has 0 spiro atoms. The molecule has 3 unspecified atom stereocenters. The van der Waals surface area contributed by atoms with Crippen LogP contribution < -0.4 is 10.2 Å². The molecule has 0 radical (unpaired) electrons. The zero-order valence-corrected chi connectivity index (χ0v) is 55.8. The molecular formula is C73H131N2O7P. The lowest BCUT2D eigenvalue weighted by Gasteiger charge is -2.30. The topological polar surface area (TPSA) is 114 Å². The summed E-state index contributed by atoms with van der Waals surface area (Å²) < 4.78 is 30.4. The van der Waals surface area contributed by atoms with Gasteiger partial charge in [0.1, 0.15) is 19.3 Å². The summed E-state index contributed by atoms with van der Waals surface area (Å²) in [7, 11) is 1.16. The largest absolute Gasteiger partial charge is 0.756 e. The number of phosphoric ester groups is 1. The molecule has 0 saturated heterocycles. The first-order valence-electron chi connectivity index (χ1n) is 34.5. The van der Waals surface area contributed by atoms with Crippen LogP contribution in [-0.2, 0) is 27.9 Å². The van der Waals surface area contributed by atoms with Gasteiger partial charge in [0, 0.05) is 12.8 Å². The summed E-state index contributed by atoms with van der Waals surface area (Å²) in [4.78, 5) is 40.2. The van der Waals surface area contributed by atoms with Gasteiger partial charge < -0.3 is 28.5 Å². The second-order valence-electron chi connectivity index (χ2n) is 24.3. The standard InChI is InChI=1S/C73H131N2O7P/c1-7-10-13-16-19-22-25-28-30-32-34-36-37-39-40-42-44-47-50-53-56-59-62-65-72(76)74-70(69-81-83(78,79)80-68-67-75(4,5)6)71(64-61-58-55-52-49-46-27-24-21-18-15-12-9-3)82-73(77)66-63-60-57-54-51-48-45-43-41-38-35-33-31-29-26-23-20-17-14-11-8-2/h11,14,20,23,28-31,35,38,43,45,51,54,61,64,70-71H,7-10,12-13,15-19,21-22,24-27,32-34,36-37,39-42,44,46-50,52-53,55-60,62-63,65-69H2,1-6H3,(H-,74,76,78,79)/b14-11-,23-20-,30-28+,31-29-,38-35-,45-43-,54-51-,64-61+. The average molecular weight is 1180 g/mol. The summed E-state index contributed by atoms with van der Waals surface area (Å²) in [5.74, 6) is -0.588. The molecule has 0 bridgehead atoms. The van der Waals surface area contributed by atoms with Gasteiger partial charge in [-0.05, 0) is 109 Å². The Morgan fingerprint density at radius 1 is 0.434 bits per heavy atom. The Morgan fingerprint density at radius 2 is 0.771 bits per heavy atom. The summed E-state index contributed by atoms with van der Waals surface area (Å²) in [6.45, 7) is 6.72. The van der Waals surface area contributed by atoms with Crippen LogP contribution in [0.25, 0.3) is 0 Å². The van der Waals surface area contributed by atoms with Crippen molar-refractivity contribution >= 4 is 19.7 Å². The van der Waals surface area contributed by atoms with Crippen molar-refractivity contribution in [2.45, 2.75) is 315 Å². The number of hydrogen-bond donors (Lipinski definition) is 1. The number of rotatable bonds is 62. The van der Waals surface area contributed by atoms with E-state index in [0.717, 1.165) is 89.9 Å². The summed E-state index contributed by atoms with van der Waals surface area (Å²) in [6, 6.07) is -0.912. The molecule has 0 aliphatic carbocycles. The van der Waals surface area contributed by atoms with Gasteiger partial charge in [0.05, 0.1) is 33.8 Å². The zero-order valence-electron chi connectivity index (χ0n) is 54.9. The number of nitrogens with zero attached hydrogens (tertiary/aromatic N) is 1. The first-order chi connectivity index (χ1) is 40.4. The minimum Gasteiger partial charge on any atom is -0.756 e. The van der Waals surface area contributed by atoms with E-state index in [1.165, 1.54) is 173 Å². The number of carbonyl (C=O) groups excluding carboxylic acids is 2. The van der Waals surface area contributed by atoms with E-state index < -0.39 is 26.6 Å². The van der Waals surface area contributed by atoms with Crippen molar-refractivity contribution in [3.8, 4) is 0 Å². The summed E-state index contributed by atoms with van der Waals surface area (Å²) in [5.41, 5.74) is 0. The van der Waals surface area contributed by atoms with Gasteiger partial charge in [-0.2, -0.15) is 0 Å². The van der Waals surface area contributed by atoms with E-state index in [1.807, 2.05) is 33.3 Å². The van der Waals surface area contributed by atoms with E-state index in [4.69, 9.17) is 13.8 Å². The molecule has 1 N–H and O–H groups in total. The normalized spacial score (nSPS) is 14.2. The average Bonchev–Trinajstić information content (AvgIpc) is 3.47. The van der Waals surface area contributed by atoms with Gasteiger partial charge in [0.2, 0.25) is 5.91 Å². The molecule has 0 aromatic rings. The van der Waals surface area contributed by atoms with E-state index in [2.05, 4.69) is 111 Å². The first kappa shape index (κ1) is 79.9. The summed E-state index contributed by atoms with van der Waals surface area (Å²) >= 11 is 0. The molecule has 0 rings (SSSR count). The van der Waals surface area contributed by atoms with Crippen LogP contribution in [0.5, 0.6) is 0 Å². The lowest BCUT2D eigenvalue weighted by Crippen LogP contribution is -2.47. The molecule has 0 aromatic heterocycles. The third kappa shape index (κ3) is 63.3. The number of carbonyl (C=O) groups is 2. The van der Waals surface area contributed by atoms with Crippen molar-refractivity contribution < 1.29 is 37.3 Å². The van der Waals surface area contributed by atoms with Crippen LogP contribution in [0.15, 0.2) is 97.2 Å². The van der Waals surface area contributed by atoms with Gasteiger partial charge in [0.25, 0.3) is 7.82 Å². The highest BCUT2D eigenvalue weighted by molar-refractivity contribution is 7.45. The van der Waals surface area contributed by atoms with Gasteiger partial charge >= 0.3 is 5.97 Å². The Labute approximate surface area is 513 Å². The SMILES string of the molecule is CC/C=C\C/C=C\C/C=C\C/C=C\C/C=C\C/C=C\CCCCC(=O)OC(/C=C/CCCCCCCCCCCCC)C(COP(=O)([O-])OCC[N+](C)(C)C)NC(=O)CCCCCCCCCCCCCCC/C=C/CCCCCCCC. The van der Waals surface area contributed by atoms with Crippen molar-refractivity contribution in [2.75, 3.05) is 40.9 Å². The van der Waals surface area contributed by atoms with Gasteiger partial charge in [-0.3, -0.25) is 14.2 Å². The predicted octanol–water partition coefficient (Wildman–Crippen LogP) is 21.3. The molecule has 0 aliphatic rings. The predicted molar refractivity (Wildman–Crippen MR) is 358 cm³/mol. The highest BCUT2D eigenvalue weighted by Crippen LogP contribution is 2.38. The van der Waals surface area contributed by atoms with Crippen LogP contribution in [0.1, 0.15) is 303 Å². The van der Waals surface area contributed by atoms with Gasteiger partial charge in [-0.1, -0.05) is 279 Å². The van der Waals surface area contributed by atoms with Crippen LogP contribution in [0.3, 0.4) is 0 Å². The van der Waals surface area contributed by atoms with Crippen molar-refractivity contribution in [3.63, 3.8) is 0 Å². The van der Waals surface area contributed by atoms with Crippen molar-refractivity contribution in [1.82, 2.24) is 5.32 Å². The number of likely N-dealkylation sites (N-methyl/N-ethyl adjacent to an activating group) is 1. The quantitative estimate of drug-likeness (QED) is 0.0212. The number of allylic oxidation sites excluding steroid dienone is 15. The van der Waals surface area contributed by atoms with E-state index in [-0.39, 0.29) is 24.9 Å². The number of amides is 1. The van der Waals surface area contributed by atoms with Crippen LogP contribution in [0, 0.1) is 0 Å². The Balaban J connectivity index is 5.22. The smallest absolute Gasteiger partial charge is 0.306 e. The van der Waals surface area contributed by atoms with E-state index in [1.54, 1.807) is 0 Å². The Bertz CT molecular complexity index is 1740. The monoisotopic (exact) mass is 1180 g/mol. The molecule has 0 fully saturated rings. The molecule has 0 heterocycles. The van der Waals surface area contributed by atoms with Gasteiger partial charge in [-0.25, -0.2) is 0 Å². The number of phosphoric acid groups is 1. The number of esters is 1. The molecule has 83 heavy (non-hydrogen) atoms. The van der Waals surface area contributed by atoms with Crippen LogP contribution in [0.4, 0.5) is 0 Å². The maximum Gasteiger partial charge on any atom is 0.306 e. The van der Waals surface area contributed by atoms with Crippen LogP contribution in [-0.4, -0.2) is 69.4 Å². The van der Waals surface area contributed by atoms with Crippen LogP contribution >= 0.6 is 7.82 Å². The molecule has 1 amide bonds. The summed E-state index contributed by atoms with van der Waals surface area (Å²) in [5, 5.41) is 3.03. The maximum atomic E-state index is 13.6. The Kier molecular flexibility index (Phi) is 59.7. The number of quaternary nitrogens is 1. The van der Waals surface area contributed by atoms with Crippen molar-refractivity contribution in [1.29, 1.82) is 0 Å². The fourth-order valence-corrected chi connectivity index (χ4v) is 10.4. The fraction of sp³-hybridized carbons (Fsp3) is 0.753. The first-order valence-corrected chi connectivity index (χ1v) is 36.0. The third-order valence-electron chi connectivity index (χ3n) is 15.0. The number of unbranched alkanes of at least 4 members (excludes halogenated alkanes) is 32.